The van der Waals surface area contributed by atoms with Crippen LogP contribution in [-0.4, -0.2) is 48.4 Å². The average Bonchev–Trinajstić information content (AvgIpc) is 2.37. The Kier molecular flexibility index (Phi) is 4.53. The number of halogens is 1. The summed E-state index contributed by atoms with van der Waals surface area (Å²) in [4.78, 5) is 16.4. The number of carbonyl (C=O) groups excluding carboxylic acids is 1. The Morgan fingerprint density at radius 2 is 2.00 bits per heavy atom. The summed E-state index contributed by atoms with van der Waals surface area (Å²) in [5, 5.41) is 0. The van der Waals surface area contributed by atoms with Gasteiger partial charge in [-0.05, 0) is 38.1 Å². The van der Waals surface area contributed by atoms with Crippen molar-refractivity contribution in [3.63, 3.8) is 0 Å². The van der Waals surface area contributed by atoms with E-state index in [0.717, 1.165) is 25.2 Å². The molecule has 1 atom stereocenters. The summed E-state index contributed by atoms with van der Waals surface area (Å²) in [7, 11) is 2.08. The number of piperazine rings is 1. The van der Waals surface area contributed by atoms with E-state index in [1.807, 2.05) is 4.90 Å². The zero-order chi connectivity index (χ0) is 13.8. The first-order valence-electron chi connectivity index (χ1n) is 6.78. The second-order valence-corrected chi connectivity index (χ2v) is 5.32. The molecule has 104 valence electrons. The Hall–Kier alpha value is -1.42. The summed E-state index contributed by atoms with van der Waals surface area (Å²) < 4.78 is 12.8. The first-order chi connectivity index (χ1) is 9.06. The van der Waals surface area contributed by atoms with Gasteiger partial charge in [-0.3, -0.25) is 4.79 Å². The van der Waals surface area contributed by atoms with Crippen molar-refractivity contribution in [3.8, 4) is 0 Å². The molecule has 19 heavy (non-hydrogen) atoms. The molecule has 4 heteroatoms. The third-order valence-corrected chi connectivity index (χ3v) is 3.69. The molecule has 3 nitrogen and oxygen atoms in total. The summed E-state index contributed by atoms with van der Waals surface area (Å²) in [6.45, 7) is 4.76. The van der Waals surface area contributed by atoms with E-state index in [4.69, 9.17) is 0 Å². The van der Waals surface area contributed by atoms with E-state index in [1.54, 1.807) is 12.1 Å². The molecule has 1 aromatic carbocycles. The molecule has 1 fully saturated rings. The van der Waals surface area contributed by atoms with Crippen molar-refractivity contribution in [2.75, 3.05) is 26.7 Å². The number of carbonyl (C=O) groups is 1. The molecule has 0 bridgehead atoms. The van der Waals surface area contributed by atoms with Crippen molar-refractivity contribution in [1.29, 1.82) is 0 Å². The van der Waals surface area contributed by atoms with Crippen molar-refractivity contribution in [3.05, 3.63) is 35.6 Å². The standard InChI is InChI=1S/C15H21FN2O/c1-12-11-17(2)9-10-18(12)15(19)8-5-13-3-6-14(16)7-4-13/h3-4,6-7,12H,5,8-11H2,1-2H3. The molecule has 0 spiro atoms. The van der Waals surface area contributed by atoms with Crippen molar-refractivity contribution >= 4 is 5.91 Å². The molecular formula is C15H21FN2O. The summed E-state index contributed by atoms with van der Waals surface area (Å²) in [5.41, 5.74) is 1.01. The summed E-state index contributed by atoms with van der Waals surface area (Å²) in [6, 6.07) is 6.65. The van der Waals surface area contributed by atoms with Crippen LogP contribution in [0.3, 0.4) is 0 Å². The van der Waals surface area contributed by atoms with Crippen LogP contribution in [-0.2, 0) is 11.2 Å². The van der Waals surface area contributed by atoms with Gasteiger partial charge in [0.05, 0.1) is 0 Å². The highest BCUT2D eigenvalue weighted by Crippen LogP contribution is 2.12. The summed E-state index contributed by atoms with van der Waals surface area (Å²) in [5.74, 6) is -0.0345. The Bertz CT molecular complexity index is 432. The molecule has 0 aliphatic carbocycles. The van der Waals surface area contributed by atoms with E-state index in [-0.39, 0.29) is 17.8 Å². The van der Waals surface area contributed by atoms with Crippen LogP contribution in [0.1, 0.15) is 18.9 Å². The van der Waals surface area contributed by atoms with Crippen LogP contribution in [0.25, 0.3) is 0 Å². The maximum Gasteiger partial charge on any atom is 0.223 e. The highest BCUT2D eigenvalue weighted by molar-refractivity contribution is 5.77. The maximum atomic E-state index is 12.8. The minimum atomic E-state index is -0.234. The van der Waals surface area contributed by atoms with E-state index in [9.17, 15) is 9.18 Å². The number of likely N-dealkylation sites (N-methyl/N-ethyl adjacent to an activating group) is 1. The molecule has 0 saturated carbocycles. The lowest BCUT2D eigenvalue weighted by atomic mass is 10.1. The second-order valence-electron chi connectivity index (χ2n) is 5.32. The Labute approximate surface area is 114 Å². The van der Waals surface area contributed by atoms with E-state index in [2.05, 4.69) is 18.9 Å². The lowest BCUT2D eigenvalue weighted by Crippen LogP contribution is -2.52. The molecule has 0 radical (unpaired) electrons. The minimum absolute atomic E-state index is 0.199. The monoisotopic (exact) mass is 264 g/mol. The van der Waals surface area contributed by atoms with Gasteiger partial charge < -0.3 is 9.80 Å². The second kappa shape index (κ2) is 6.15. The van der Waals surface area contributed by atoms with Gasteiger partial charge in [0.2, 0.25) is 5.91 Å². The SMILES string of the molecule is CC1CN(C)CCN1C(=O)CCc1ccc(F)cc1. The fourth-order valence-corrected chi connectivity index (χ4v) is 2.56. The van der Waals surface area contributed by atoms with Crippen molar-refractivity contribution < 1.29 is 9.18 Å². The van der Waals surface area contributed by atoms with Gasteiger partial charge in [-0.1, -0.05) is 12.1 Å². The zero-order valence-electron chi connectivity index (χ0n) is 11.6. The molecule has 1 aromatic rings. The normalized spacial score (nSPS) is 20.6. The van der Waals surface area contributed by atoms with Crippen molar-refractivity contribution in [1.82, 2.24) is 9.80 Å². The molecule has 1 heterocycles. The Morgan fingerprint density at radius 3 is 2.63 bits per heavy atom. The Balaban J connectivity index is 1.85. The average molecular weight is 264 g/mol. The van der Waals surface area contributed by atoms with Gasteiger partial charge in [0.15, 0.2) is 0 Å². The minimum Gasteiger partial charge on any atom is -0.337 e. The number of rotatable bonds is 3. The van der Waals surface area contributed by atoms with Crippen LogP contribution >= 0.6 is 0 Å². The lowest BCUT2D eigenvalue weighted by molar-refractivity contribution is -0.135. The van der Waals surface area contributed by atoms with Gasteiger partial charge >= 0.3 is 0 Å². The van der Waals surface area contributed by atoms with E-state index >= 15 is 0 Å². The highest BCUT2D eigenvalue weighted by atomic mass is 19.1. The van der Waals surface area contributed by atoms with Gasteiger partial charge in [-0.2, -0.15) is 0 Å². The smallest absolute Gasteiger partial charge is 0.223 e. The molecule has 1 aliphatic rings. The van der Waals surface area contributed by atoms with E-state index in [1.165, 1.54) is 12.1 Å². The van der Waals surface area contributed by atoms with Crippen LogP contribution in [0.2, 0.25) is 0 Å². The van der Waals surface area contributed by atoms with Gasteiger partial charge in [0.25, 0.3) is 0 Å². The van der Waals surface area contributed by atoms with Crippen molar-refractivity contribution in [2.45, 2.75) is 25.8 Å². The van der Waals surface area contributed by atoms with Gasteiger partial charge in [0.1, 0.15) is 5.82 Å². The number of nitrogens with zero attached hydrogens (tertiary/aromatic N) is 2. The summed E-state index contributed by atoms with van der Waals surface area (Å²) in [6.07, 6.45) is 1.18. The van der Waals surface area contributed by atoms with Gasteiger partial charge in [-0.15, -0.1) is 0 Å². The third-order valence-electron chi connectivity index (χ3n) is 3.69. The fraction of sp³-hybridized carbons (Fsp3) is 0.533. The van der Waals surface area contributed by atoms with E-state index in [0.29, 0.717) is 12.8 Å². The summed E-state index contributed by atoms with van der Waals surface area (Å²) >= 11 is 0. The van der Waals surface area contributed by atoms with Gasteiger partial charge in [0, 0.05) is 32.1 Å². The number of amides is 1. The van der Waals surface area contributed by atoms with Crippen molar-refractivity contribution in [2.24, 2.45) is 0 Å². The molecule has 1 unspecified atom stereocenters. The first kappa shape index (κ1) is 14.0. The number of hydrogen-bond acceptors (Lipinski definition) is 2. The molecular weight excluding hydrogens is 243 g/mol. The predicted octanol–water partition coefficient (Wildman–Crippen LogP) is 1.92. The lowest BCUT2D eigenvalue weighted by Gasteiger charge is -2.38. The molecule has 0 aromatic heterocycles. The van der Waals surface area contributed by atoms with E-state index < -0.39 is 0 Å². The van der Waals surface area contributed by atoms with Crippen LogP contribution in [0.4, 0.5) is 4.39 Å². The van der Waals surface area contributed by atoms with Gasteiger partial charge in [-0.25, -0.2) is 4.39 Å². The molecule has 1 saturated heterocycles. The molecule has 1 amide bonds. The maximum absolute atomic E-state index is 12.8. The molecule has 2 rings (SSSR count). The molecule has 0 N–H and O–H groups in total. The quantitative estimate of drug-likeness (QED) is 0.832. The highest BCUT2D eigenvalue weighted by Gasteiger charge is 2.25. The zero-order valence-corrected chi connectivity index (χ0v) is 11.6. The van der Waals surface area contributed by atoms with Crippen LogP contribution in [0, 0.1) is 5.82 Å². The topological polar surface area (TPSA) is 23.6 Å². The van der Waals surface area contributed by atoms with Crippen LogP contribution in [0.5, 0.6) is 0 Å². The number of benzene rings is 1. The van der Waals surface area contributed by atoms with Crippen LogP contribution < -0.4 is 0 Å². The number of hydrogen-bond donors (Lipinski definition) is 0. The van der Waals surface area contributed by atoms with Crippen LogP contribution in [0.15, 0.2) is 24.3 Å². The predicted molar refractivity (Wildman–Crippen MR) is 73.4 cm³/mol. The fourth-order valence-electron chi connectivity index (χ4n) is 2.56. The largest absolute Gasteiger partial charge is 0.337 e. The third kappa shape index (κ3) is 3.77. The molecule has 1 aliphatic heterocycles. The number of aryl methyl sites for hydroxylation is 1. The Morgan fingerprint density at radius 1 is 1.32 bits per heavy atom. The first-order valence-corrected chi connectivity index (χ1v) is 6.78.